The van der Waals surface area contributed by atoms with E-state index in [9.17, 15) is 0 Å². The molecule has 0 N–H and O–H groups in total. The van der Waals surface area contributed by atoms with Crippen LogP contribution < -0.4 is 0 Å². The summed E-state index contributed by atoms with van der Waals surface area (Å²) in [6.45, 7) is 21.1. The molecule has 0 spiro atoms. The van der Waals surface area contributed by atoms with Gasteiger partial charge in [0, 0.05) is 13.2 Å². The summed E-state index contributed by atoms with van der Waals surface area (Å²) in [6.07, 6.45) is 31.9. The molecule has 2 heteroatoms. The van der Waals surface area contributed by atoms with Crippen LogP contribution in [0, 0.1) is 71.0 Å². The van der Waals surface area contributed by atoms with Crippen LogP contribution in [0.15, 0.2) is 23.3 Å². The molecular formula is C46H80O2. The van der Waals surface area contributed by atoms with Gasteiger partial charge in [-0.1, -0.05) is 77.7 Å². The van der Waals surface area contributed by atoms with Crippen LogP contribution in [0.1, 0.15) is 171 Å². The lowest BCUT2D eigenvalue weighted by Crippen LogP contribution is -2.36. The zero-order valence-corrected chi connectivity index (χ0v) is 33.2. The highest BCUT2D eigenvalue weighted by Gasteiger charge is 2.40. The molecule has 5 saturated carbocycles. The van der Waals surface area contributed by atoms with Crippen molar-refractivity contribution in [3.05, 3.63) is 23.3 Å². The van der Waals surface area contributed by atoms with Crippen molar-refractivity contribution >= 4 is 0 Å². The quantitative estimate of drug-likeness (QED) is 0.193. The van der Waals surface area contributed by atoms with Gasteiger partial charge < -0.3 is 9.47 Å². The van der Waals surface area contributed by atoms with Gasteiger partial charge in [0.05, 0.1) is 12.2 Å². The Kier molecular flexibility index (Phi) is 15.1. The molecule has 2 nitrogen and oxygen atoms in total. The van der Waals surface area contributed by atoms with Crippen molar-refractivity contribution in [2.75, 3.05) is 13.2 Å². The Balaban J connectivity index is 1.23. The number of hydrogen-bond donors (Lipinski definition) is 0. The minimum Gasteiger partial charge on any atom is -0.378 e. The van der Waals surface area contributed by atoms with Gasteiger partial charge in [-0.2, -0.15) is 0 Å². The molecule has 48 heavy (non-hydrogen) atoms. The summed E-state index contributed by atoms with van der Waals surface area (Å²) in [5, 5.41) is 0. The van der Waals surface area contributed by atoms with Crippen LogP contribution in [0.2, 0.25) is 0 Å². The van der Waals surface area contributed by atoms with Crippen molar-refractivity contribution in [2.45, 2.75) is 183 Å². The normalized spacial score (nSPS) is 40.8. The molecule has 0 aliphatic heterocycles. The van der Waals surface area contributed by atoms with Gasteiger partial charge in [0.2, 0.25) is 0 Å². The number of ether oxygens (including phenoxy) is 2. The number of rotatable bonds is 12. The SMILES string of the molecule is CC(=CC1CC(C2CCC(C3CCC(C)CC3)CC2)C(/C=C(\C)C2CCC(OCC(C)C)CC2)CC1C)C1CCC(OCC(C)C)CC1. The van der Waals surface area contributed by atoms with Gasteiger partial charge >= 0.3 is 0 Å². The third-order valence-electron chi connectivity index (χ3n) is 14.5. The van der Waals surface area contributed by atoms with Gasteiger partial charge in [-0.3, -0.25) is 0 Å². The summed E-state index contributed by atoms with van der Waals surface area (Å²) >= 11 is 0. The molecule has 4 unspecified atom stereocenters. The predicted octanol–water partition coefficient (Wildman–Crippen LogP) is 13.3. The van der Waals surface area contributed by atoms with Crippen LogP contribution in [0.25, 0.3) is 0 Å². The lowest BCUT2D eigenvalue weighted by atomic mass is 9.59. The third kappa shape index (κ3) is 11.2. The van der Waals surface area contributed by atoms with Gasteiger partial charge in [0.1, 0.15) is 0 Å². The second-order valence-corrected chi connectivity index (χ2v) is 19.4. The fraction of sp³-hybridized carbons (Fsp3) is 0.913. The smallest absolute Gasteiger partial charge is 0.0575 e. The van der Waals surface area contributed by atoms with Crippen LogP contribution in [0.5, 0.6) is 0 Å². The van der Waals surface area contributed by atoms with Crippen molar-refractivity contribution in [1.82, 2.24) is 0 Å². The second-order valence-electron chi connectivity index (χ2n) is 19.4. The zero-order valence-electron chi connectivity index (χ0n) is 33.2. The Labute approximate surface area is 299 Å². The van der Waals surface area contributed by atoms with E-state index in [0.717, 1.165) is 72.4 Å². The van der Waals surface area contributed by atoms with E-state index in [1.807, 2.05) is 0 Å². The Morgan fingerprint density at radius 2 is 0.938 bits per heavy atom. The molecule has 0 amide bonds. The lowest BCUT2D eigenvalue weighted by molar-refractivity contribution is 0.00714. The summed E-state index contributed by atoms with van der Waals surface area (Å²) in [6, 6.07) is 0. The minimum absolute atomic E-state index is 0.500. The fourth-order valence-corrected chi connectivity index (χ4v) is 11.2. The average Bonchev–Trinajstić information content (AvgIpc) is 3.08. The molecular weight excluding hydrogens is 585 g/mol. The number of hydrogen-bond acceptors (Lipinski definition) is 2. The van der Waals surface area contributed by atoms with Gasteiger partial charge in [0.15, 0.2) is 0 Å². The van der Waals surface area contributed by atoms with Crippen LogP contribution in [-0.2, 0) is 9.47 Å². The Morgan fingerprint density at radius 1 is 0.521 bits per heavy atom. The lowest BCUT2D eigenvalue weighted by Gasteiger charge is -2.46. The minimum atomic E-state index is 0.500. The summed E-state index contributed by atoms with van der Waals surface area (Å²) in [5.41, 5.74) is 3.44. The van der Waals surface area contributed by atoms with Crippen LogP contribution in [0.4, 0.5) is 0 Å². The maximum Gasteiger partial charge on any atom is 0.0575 e. The van der Waals surface area contributed by atoms with E-state index in [2.05, 4.69) is 67.5 Å². The molecule has 0 saturated heterocycles. The molecule has 0 aromatic rings. The van der Waals surface area contributed by atoms with E-state index in [0.29, 0.717) is 24.0 Å². The van der Waals surface area contributed by atoms with Gasteiger partial charge in [0.25, 0.3) is 0 Å². The Morgan fingerprint density at radius 3 is 1.40 bits per heavy atom. The molecule has 4 atom stereocenters. The highest BCUT2D eigenvalue weighted by Crippen LogP contribution is 2.51. The van der Waals surface area contributed by atoms with Gasteiger partial charge in [-0.05, 0) is 188 Å². The molecule has 0 heterocycles. The summed E-state index contributed by atoms with van der Waals surface area (Å²) in [7, 11) is 0. The first-order valence-electron chi connectivity index (χ1n) is 21.6. The molecule has 5 rings (SSSR count). The Bertz CT molecular complexity index is 976. The topological polar surface area (TPSA) is 18.5 Å². The zero-order chi connectivity index (χ0) is 34.2. The van der Waals surface area contributed by atoms with Crippen LogP contribution in [-0.4, -0.2) is 25.4 Å². The van der Waals surface area contributed by atoms with E-state index in [-0.39, 0.29) is 0 Å². The largest absolute Gasteiger partial charge is 0.378 e. The van der Waals surface area contributed by atoms with Crippen LogP contribution in [0.3, 0.4) is 0 Å². The van der Waals surface area contributed by atoms with Gasteiger partial charge in [-0.15, -0.1) is 0 Å². The fourth-order valence-electron chi connectivity index (χ4n) is 11.2. The van der Waals surface area contributed by atoms with Crippen molar-refractivity contribution in [3.63, 3.8) is 0 Å². The molecule has 276 valence electrons. The van der Waals surface area contributed by atoms with E-state index in [1.54, 1.807) is 11.1 Å². The second kappa shape index (κ2) is 18.8. The molecule has 5 aliphatic rings. The number of allylic oxidation sites excluding steroid dienone is 4. The van der Waals surface area contributed by atoms with Gasteiger partial charge in [-0.25, -0.2) is 0 Å². The van der Waals surface area contributed by atoms with E-state index >= 15 is 0 Å². The summed E-state index contributed by atoms with van der Waals surface area (Å²) < 4.78 is 12.5. The summed E-state index contributed by atoms with van der Waals surface area (Å²) in [4.78, 5) is 0. The first kappa shape index (κ1) is 38.6. The van der Waals surface area contributed by atoms with Crippen molar-refractivity contribution in [3.8, 4) is 0 Å². The van der Waals surface area contributed by atoms with Crippen molar-refractivity contribution < 1.29 is 9.47 Å². The monoisotopic (exact) mass is 665 g/mol. The van der Waals surface area contributed by atoms with E-state index in [4.69, 9.17) is 9.47 Å². The van der Waals surface area contributed by atoms with Crippen molar-refractivity contribution in [2.24, 2.45) is 71.0 Å². The molecule has 0 bridgehead atoms. The van der Waals surface area contributed by atoms with E-state index < -0.39 is 0 Å². The van der Waals surface area contributed by atoms with E-state index in [1.165, 1.54) is 116 Å². The molecule has 5 fully saturated rings. The Hall–Kier alpha value is -0.600. The average molecular weight is 665 g/mol. The third-order valence-corrected chi connectivity index (χ3v) is 14.5. The summed E-state index contributed by atoms with van der Waals surface area (Å²) in [5.74, 6) is 10.0. The first-order valence-corrected chi connectivity index (χ1v) is 21.6. The predicted molar refractivity (Wildman–Crippen MR) is 206 cm³/mol. The van der Waals surface area contributed by atoms with Crippen LogP contribution >= 0.6 is 0 Å². The first-order chi connectivity index (χ1) is 23.0. The maximum absolute atomic E-state index is 6.27. The molecule has 5 aliphatic carbocycles. The van der Waals surface area contributed by atoms with Crippen molar-refractivity contribution in [1.29, 1.82) is 0 Å². The standard InChI is InChI=1S/C46H80O2/c1-31(2)29-47-44-21-17-37(18-22-44)34(6)25-42-28-46(41-15-13-40(14-16-41)39-11-9-33(5)10-12-39)43(27-36(42)8)26-35(7)38-19-23-45(24-20-38)48-30-32(3)4/h25-26,31-33,36-46H,9-24,27-30H2,1-8H3/b34-25?,35-26+. The molecule has 0 aromatic heterocycles. The highest BCUT2D eigenvalue weighted by molar-refractivity contribution is 5.14. The molecule has 0 aromatic carbocycles. The maximum atomic E-state index is 6.27. The highest BCUT2D eigenvalue weighted by atomic mass is 16.5. The molecule has 0 radical (unpaired) electrons.